The molecule has 0 heterocycles. The lowest BCUT2D eigenvalue weighted by Crippen LogP contribution is -2.35. The molecular formula is C18H19N3O7S. The predicted octanol–water partition coefficient (Wildman–Crippen LogP) is 1.75. The summed E-state index contributed by atoms with van der Waals surface area (Å²) in [4.78, 5) is 34.0. The Bertz CT molecular complexity index is 1000. The zero-order chi connectivity index (χ0) is 21.6. The van der Waals surface area contributed by atoms with E-state index in [1.807, 2.05) is 6.92 Å². The summed E-state index contributed by atoms with van der Waals surface area (Å²) in [6.07, 6.45) is -1.21. The molecule has 10 nitrogen and oxygen atoms in total. The quantitative estimate of drug-likeness (QED) is 0.375. The highest BCUT2D eigenvalue weighted by Crippen LogP contribution is 2.16. The van der Waals surface area contributed by atoms with Gasteiger partial charge in [0.1, 0.15) is 6.54 Å². The van der Waals surface area contributed by atoms with Crippen molar-refractivity contribution in [2.24, 2.45) is 0 Å². The topological polar surface area (TPSA) is 145 Å². The van der Waals surface area contributed by atoms with E-state index in [0.717, 1.165) is 5.56 Å². The number of aryl methyl sites for hydroxylation is 1. The second kappa shape index (κ2) is 9.26. The van der Waals surface area contributed by atoms with Gasteiger partial charge >= 0.3 is 5.97 Å². The van der Waals surface area contributed by atoms with Crippen LogP contribution in [0, 0.1) is 17.0 Å². The van der Waals surface area contributed by atoms with Crippen LogP contribution >= 0.6 is 0 Å². The number of anilines is 1. The highest BCUT2D eigenvalue weighted by molar-refractivity contribution is 7.89. The number of esters is 1. The second-order valence-electron chi connectivity index (χ2n) is 6.06. The van der Waals surface area contributed by atoms with Crippen LogP contribution in [-0.4, -0.2) is 37.9 Å². The van der Waals surface area contributed by atoms with Gasteiger partial charge in [0, 0.05) is 17.8 Å². The van der Waals surface area contributed by atoms with E-state index < -0.39 is 39.5 Å². The summed E-state index contributed by atoms with van der Waals surface area (Å²) in [5, 5.41) is 13.1. The molecule has 11 heteroatoms. The van der Waals surface area contributed by atoms with E-state index in [9.17, 15) is 28.1 Å². The zero-order valence-electron chi connectivity index (χ0n) is 15.6. The molecule has 0 aromatic heterocycles. The number of hydrogen-bond donors (Lipinski definition) is 2. The minimum Gasteiger partial charge on any atom is -0.452 e. The molecule has 2 aromatic rings. The molecule has 0 spiro atoms. The molecule has 0 aliphatic heterocycles. The molecule has 0 saturated carbocycles. The normalized spacial score (nSPS) is 12.1. The number of sulfonamides is 1. The van der Waals surface area contributed by atoms with Gasteiger partial charge < -0.3 is 10.1 Å². The molecule has 1 atom stereocenters. The largest absolute Gasteiger partial charge is 0.452 e. The summed E-state index contributed by atoms with van der Waals surface area (Å²) in [5.41, 5.74) is 1.03. The molecular weight excluding hydrogens is 402 g/mol. The maximum atomic E-state index is 12.1. The molecule has 0 saturated heterocycles. The number of nitrogens with one attached hydrogen (secondary N) is 2. The molecule has 1 amide bonds. The fraction of sp³-hybridized carbons (Fsp3) is 0.222. The maximum absolute atomic E-state index is 12.1. The number of nitro benzene ring substituents is 1. The molecule has 29 heavy (non-hydrogen) atoms. The fourth-order valence-electron chi connectivity index (χ4n) is 2.16. The SMILES string of the molecule is Cc1ccc(S(=O)(=O)NCC(=O)OC(C)C(=O)Nc2ccc([N+](=O)[O-])cc2)cc1. The average Bonchev–Trinajstić information content (AvgIpc) is 2.67. The number of benzene rings is 2. The number of ether oxygens (including phenoxy) is 1. The van der Waals surface area contributed by atoms with Crippen molar-refractivity contribution in [2.45, 2.75) is 24.8 Å². The minimum atomic E-state index is -3.89. The molecule has 0 aliphatic rings. The Morgan fingerprint density at radius 1 is 1.10 bits per heavy atom. The van der Waals surface area contributed by atoms with Crippen molar-refractivity contribution in [3.05, 3.63) is 64.2 Å². The van der Waals surface area contributed by atoms with E-state index in [0.29, 0.717) is 0 Å². The van der Waals surface area contributed by atoms with Gasteiger partial charge in [-0.1, -0.05) is 17.7 Å². The lowest BCUT2D eigenvalue weighted by Gasteiger charge is -2.14. The summed E-state index contributed by atoms with van der Waals surface area (Å²) < 4.78 is 31.3. The summed E-state index contributed by atoms with van der Waals surface area (Å²) in [6.45, 7) is 2.47. The number of carbonyl (C=O) groups is 2. The van der Waals surface area contributed by atoms with Gasteiger partial charge in [0.2, 0.25) is 10.0 Å². The second-order valence-corrected chi connectivity index (χ2v) is 7.83. The van der Waals surface area contributed by atoms with Gasteiger partial charge in [-0.05, 0) is 38.1 Å². The summed E-state index contributed by atoms with van der Waals surface area (Å²) >= 11 is 0. The van der Waals surface area contributed by atoms with Crippen LogP contribution in [0.25, 0.3) is 0 Å². The molecule has 2 rings (SSSR count). The summed E-state index contributed by atoms with van der Waals surface area (Å²) in [5.74, 6) is -1.61. The van der Waals surface area contributed by atoms with Crippen LogP contribution in [0.4, 0.5) is 11.4 Å². The van der Waals surface area contributed by atoms with Crippen molar-refractivity contribution in [3.8, 4) is 0 Å². The number of carbonyl (C=O) groups excluding carboxylic acids is 2. The smallest absolute Gasteiger partial charge is 0.321 e. The van der Waals surface area contributed by atoms with Gasteiger partial charge in [0.15, 0.2) is 6.10 Å². The lowest BCUT2D eigenvalue weighted by atomic mass is 10.2. The van der Waals surface area contributed by atoms with Crippen LogP contribution in [-0.2, 0) is 24.3 Å². The Labute approximate surface area is 167 Å². The van der Waals surface area contributed by atoms with Crippen LogP contribution in [0.5, 0.6) is 0 Å². The highest BCUT2D eigenvalue weighted by atomic mass is 32.2. The third-order valence-corrected chi connectivity index (χ3v) is 5.18. The van der Waals surface area contributed by atoms with E-state index >= 15 is 0 Å². The standard InChI is InChI=1S/C18H19N3O7S/c1-12-3-9-16(10-4-12)29(26,27)19-11-17(22)28-13(2)18(23)20-14-5-7-15(8-6-14)21(24)25/h3-10,13,19H,11H2,1-2H3,(H,20,23). The van der Waals surface area contributed by atoms with Crippen molar-refractivity contribution in [1.82, 2.24) is 4.72 Å². The van der Waals surface area contributed by atoms with Gasteiger partial charge in [0.05, 0.1) is 9.82 Å². The fourth-order valence-corrected chi connectivity index (χ4v) is 3.13. The maximum Gasteiger partial charge on any atom is 0.321 e. The van der Waals surface area contributed by atoms with Gasteiger partial charge in [-0.2, -0.15) is 4.72 Å². The Morgan fingerprint density at radius 3 is 2.24 bits per heavy atom. The van der Waals surface area contributed by atoms with Crippen molar-refractivity contribution >= 4 is 33.3 Å². The summed E-state index contributed by atoms with van der Waals surface area (Å²) in [7, 11) is -3.89. The molecule has 0 aliphatic carbocycles. The van der Waals surface area contributed by atoms with E-state index in [-0.39, 0.29) is 16.3 Å². The molecule has 0 radical (unpaired) electrons. The van der Waals surface area contributed by atoms with Gasteiger partial charge in [0.25, 0.3) is 11.6 Å². The molecule has 0 bridgehead atoms. The number of hydrogen-bond acceptors (Lipinski definition) is 7. The average molecular weight is 421 g/mol. The number of rotatable bonds is 8. The van der Waals surface area contributed by atoms with Gasteiger partial charge in [-0.3, -0.25) is 19.7 Å². The van der Waals surface area contributed by atoms with Crippen LogP contribution in [0.3, 0.4) is 0 Å². The van der Waals surface area contributed by atoms with E-state index in [4.69, 9.17) is 4.74 Å². The number of amides is 1. The van der Waals surface area contributed by atoms with Crippen molar-refractivity contribution < 1.29 is 27.7 Å². The Morgan fingerprint density at radius 2 is 1.69 bits per heavy atom. The molecule has 154 valence electrons. The lowest BCUT2D eigenvalue weighted by molar-refractivity contribution is -0.384. The first-order valence-corrected chi connectivity index (χ1v) is 9.88. The third kappa shape index (κ3) is 6.36. The zero-order valence-corrected chi connectivity index (χ0v) is 16.4. The van der Waals surface area contributed by atoms with Gasteiger partial charge in [-0.25, -0.2) is 8.42 Å². The molecule has 0 fully saturated rings. The first-order chi connectivity index (χ1) is 13.6. The van der Waals surface area contributed by atoms with Crippen molar-refractivity contribution in [3.63, 3.8) is 0 Å². The minimum absolute atomic E-state index is 0.000127. The molecule has 2 aromatic carbocycles. The van der Waals surface area contributed by atoms with Crippen LogP contribution in [0.1, 0.15) is 12.5 Å². The van der Waals surface area contributed by atoms with Crippen LogP contribution < -0.4 is 10.0 Å². The monoisotopic (exact) mass is 421 g/mol. The van der Waals surface area contributed by atoms with Crippen molar-refractivity contribution in [1.29, 1.82) is 0 Å². The predicted molar refractivity (Wildman–Crippen MR) is 104 cm³/mol. The number of nitro groups is 1. The highest BCUT2D eigenvalue weighted by Gasteiger charge is 2.21. The van der Waals surface area contributed by atoms with Crippen molar-refractivity contribution in [2.75, 3.05) is 11.9 Å². The Kier molecular flexibility index (Phi) is 7.02. The van der Waals surface area contributed by atoms with Crippen LogP contribution in [0.2, 0.25) is 0 Å². The number of nitrogens with zero attached hydrogens (tertiary/aromatic N) is 1. The third-order valence-electron chi connectivity index (χ3n) is 3.76. The van der Waals surface area contributed by atoms with E-state index in [1.54, 1.807) is 12.1 Å². The Hall–Kier alpha value is -3.31. The van der Waals surface area contributed by atoms with Gasteiger partial charge in [-0.15, -0.1) is 0 Å². The first-order valence-electron chi connectivity index (χ1n) is 8.39. The first kappa shape index (κ1) is 22.0. The van der Waals surface area contributed by atoms with E-state index in [1.165, 1.54) is 43.3 Å². The van der Waals surface area contributed by atoms with E-state index in [2.05, 4.69) is 10.0 Å². The molecule has 1 unspecified atom stereocenters. The summed E-state index contributed by atoms with van der Waals surface area (Å²) in [6, 6.07) is 11.2. The Balaban J connectivity index is 1.86. The molecule has 2 N–H and O–H groups in total. The van der Waals surface area contributed by atoms with Crippen LogP contribution in [0.15, 0.2) is 53.4 Å². The number of non-ortho nitro benzene ring substituents is 1.